The Morgan fingerprint density at radius 3 is 2.68 bits per heavy atom. The number of nitro benzene ring substituents is 1. The van der Waals surface area contributed by atoms with E-state index in [1.165, 1.54) is 54.0 Å². The zero-order valence-corrected chi connectivity index (χ0v) is 16.3. The number of methoxy groups -OCH3 is 1. The van der Waals surface area contributed by atoms with Gasteiger partial charge in [0.05, 0.1) is 17.7 Å². The van der Waals surface area contributed by atoms with Gasteiger partial charge >= 0.3 is 5.97 Å². The van der Waals surface area contributed by atoms with Crippen molar-refractivity contribution in [3.05, 3.63) is 49.7 Å². The molecule has 1 amide bonds. The van der Waals surface area contributed by atoms with Crippen LogP contribution >= 0.6 is 11.3 Å². The van der Waals surface area contributed by atoms with Crippen molar-refractivity contribution >= 4 is 34.6 Å². The second kappa shape index (κ2) is 8.39. The number of nitro groups is 1. The number of anilines is 1. The molecular weight excluding hydrogens is 384 g/mol. The molecule has 0 bridgehead atoms. The third kappa shape index (κ3) is 4.30. The number of nitrogens with one attached hydrogen (secondary N) is 1. The highest BCUT2D eigenvalue weighted by atomic mass is 32.1. The molecule has 0 fully saturated rings. The number of carbonyl (C=O) groups excluding carboxylic acids is 2. The first-order valence-corrected chi connectivity index (χ1v) is 9.66. The second-order valence-electron chi connectivity index (χ2n) is 6.44. The SMILES string of the molecule is COc1ccc([N+](=O)[O-])cc1NC(=O)[C@H](C)OC(=O)c1cc2c(s1)CCCC2. The molecule has 28 heavy (non-hydrogen) atoms. The molecule has 3 rings (SSSR count). The number of non-ortho nitro benzene ring substituents is 1. The summed E-state index contributed by atoms with van der Waals surface area (Å²) < 4.78 is 10.4. The van der Waals surface area contributed by atoms with Crippen LogP contribution < -0.4 is 10.1 Å². The van der Waals surface area contributed by atoms with Crippen molar-refractivity contribution in [2.75, 3.05) is 12.4 Å². The largest absolute Gasteiger partial charge is 0.495 e. The van der Waals surface area contributed by atoms with Gasteiger partial charge in [0, 0.05) is 17.0 Å². The maximum atomic E-state index is 12.4. The summed E-state index contributed by atoms with van der Waals surface area (Å²) in [4.78, 5) is 36.9. The lowest BCUT2D eigenvalue weighted by molar-refractivity contribution is -0.384. The summed E-state index contributed by atoms with van der Waals surface area (Å²) in [7, 11) is 1.39. The van der Waals surface area contributed by atoms with Gasteiger partial charge in [0.2, 0.25) is 0 Å². The average molecular weight is 404 g/mol. The number of aryl methyl sites for hydroxylation is 2. The summed E-state index contributed by atoms with van der Waals surface area (Å²) in [6.07, 6.45) is 3.08. The summed E-state index contributed by atoms with van der Waals surface area (Å²) in [6, 6.07) is 5.70. The molecule has 1 aliphatic rings. The number of hydrogen-bond acceptors (Lipinski definition) is 7. The minimum Gasteiger partial charge on any atom is -0.495 e. The Morgan fingerprint density at radius 2 is 2.00 bits per heavy atom. The molecule has 0 unspecified atom stereocenters. The monoisotopic (exact) mass is 404 g/mol. The number of nitrogens with zero attached hydrogens (tertiary/aromatic N) is 1. The summed E-state index contributed by atoms with van der Waals surface area (Å²) in [5, 5.41) is 13.5. The van der Waals surface area contributed by atoms with E-state index in [1.807, 2.05) is 6.07 Å². The standard InChI is InChI=1S/C19H20N2O6S/c1-11(27-19(23)17-9-12-5-3-4-6-16(12)28-17)18(22)20-14-10-13(21(24)25)7-8-15(14)26-2/h7-11H,3-6H2,1-2H3,(H,20,22)/t11-/m0/s1. The number of hydrogen-bond donors (Lipinski definition) is 1. The quantitative estimate of drug-likeness (QED) is 0.446. The van der Waals surface area contributed by atoms with Crippen molar-refractivity contribution in [1.29, 1.82) is 0 Å². The lowest BCUT2D eigenvalue weighted by atomic mass is 9.99. The highest BCUT2D eigenvalue weighted by molar-refractivity contribution is 7.14. The maximum Gasteiger partial charge on any atom is 0.349 e. The van der Waals surface area contributed by atoms with Crippen LogP contribution in [0.5, 0.6) is 5.75 Å². The van der Waals surface area contributed by atoms with Crippen LogP contribution in [0.4, 0.5) is 11.4 Å². The first-order chi connectivity index (χ1) is 13.4. The molecule has 1 aliphatic carbocycles. The molecule has 0 aliphatic heterocycles. The van der Waals surface area contributed by atoms with Gasteiger partial charge in [-0.3, -0.25) is 14.9 Å². The molecule has 1 N–H and O–H groups in total. The van der Waals surface area contributed by atoms with Crippen molar-refractivity contribution in [1.82, 2.24) is 0 Å². The fourth-order valence-electron chi connectivity index (χ4n) is 3.00. The second-order valence-corrected chi connectivity index (χ2v) is 7.58. The molecule has 8 nitrogen and oxygen atoms in total. The van der Waals surface area contributed by atoms with Crippen molar-refractivity contribution in [2.45, 2.75) is 38.7 Å². The van der Waals surface area contributed by atoms with Crippen molar-refractivity contribution in [2.24, 2.45) is 0 Å². The van der Waals surface area contributed by atoms with Crippen molar-refractivity contribution < 1.29 is 24.0 Å². The minimum atomic E-state index is -1.07. The molecule has 9 heteroatoms. The lowest BCUT2D eigenvalue weighted by Crippen LogP contribution is -2.30. The summed E-state index contributed by atoms with van der Waals surface area (Å²) >= 11 is 1.41. The molecule has 0 saturated heterocycles. The van der Waals surface area contributed by atoms with Gasteiger partial charge in [0.1, 0.15) is 10.6 Å². The van der Waals surface area contributed by atoms with E-state index >= 15 is 0 Å². The molecule has 2 aromatic rings. The fourth-order valence-corrected chi connectivity index (χ4v) is 4.14. The van der Waals surface area contributed by atoms with Crippen LogP contribution in [0, 0.1) is 10.1 Å². The Bertz CT molecular complexity index is 900. The van der Waals surface area contributed by atoms with E-state index in [9.17, 15) is 19.7 Å². The predicted octanol–water partition coefficient (Wildman–Crippen LogP) is 3.73. The molecular formula is C19H20N2O6S. The number of carbonyl (C=O) groups is 2. The van der Waals surface area contributed by atoms with E-state index in [-0.39, 0.29) is 17.1 Å². The van der Waals surface area contributed by atoms with E-state index in [1.54, 1.807) is 0 Å². The first-order valence-electron chi connectivity index (χ1n) is 8.85. The topological polar surface area (TPSA) is 108 Å². The van der Waals surface area contributed by atoms with Crippen LogP contribution in [0.1, 0.15) is 39.9 Å². The summed E-state index contributed by atoms with van der Waals surface area (Å²) in [5.41, 5.74) is 1.13. The number of amides is 1. The fraction of sp³-hybridized carbons (Fsp3) is 0.368. The minimum absolute atomic E-state index is 0.135. The van der Waals surface area contributed by atoms with E-state index in [0.29, 0.717) is 4.88 Å². The Hall–Kier alpha value is -2.94. The molecule has 0 spiro atoms. The van der Waals surface area contributed by atoms with Gasteiger partial charge in [-0.05, 0) is 50.3 Å². The third-order valence-electron chi connectivity index (χ3n) is 4.50. The molecule has 1 heterocycles. The van der Waals surface area contributed by atoms with Crippen molar-refractivity contribution in [3.63, 3.8) is 0 Å². The zero-order valence-electron chi connectivity index (χ0n) is 15.5. The van der Waals surface area contributed by atoms with E-state index in [2.05, 4.69) is 5.32 Å². The Labute approximate surface area is 165 Å². The molecule has 1 aromatic heterocycles. The highest BCUT2D eigenvalue weighted by Gasteiger charge is 2.24. The van der Waals surface area contributed by atoms with Gasteiger partial charge in [-0.1, -0.05) is 0 Å². The van der Waals surface area contributed by atoms with Crippen molar-refractivity contribution in [3.8, 4) is 5.75 Å². The Morgan fingerprint density at radius 1 is 1.25 bits per heavy atom. The van der Waals surface area contributed by atoms with Crippen LogP contribution in [0.15, 0.2) is 24.3 Å². The van der Waals surface area contributed by atoms with Crippen LogP contribution in [0.3, 0.4) is 0 Å². The molecule has 148 valence electrons. The van der Waals surface area contributed by atoms with Crippen LogP contribution in [-0.2, 0) is 22.4 Å². The summed E-state index contributed by atoms with van der Waals surface area (Å²) in [5.74, 6) is -0.884. The van der Waals surface area contributed by atoms with Gasteiger partial charge in [0.25, 0.3) is 11.6 Å². The van der Waals surface area contributed by atoms with Gasteiger partial charge in [-0.25, -0.2) is 4.79 Å². The zero-order chi connectivity index (χ0) is 20.3. The average Bonchev–Trinajstić information content (AvgIpc) is 3.12. The summed E-state index contributed by atoms with van der Waals surface area (Å²) in [6.45, 7) is 1.45. The number of ether oxygens (including phenoxy) is 2. The van der Waals surface area contributed by atoms with Gasteiger partial charge < -0.3 is 14.8 Å². The molecule has 1 atom stereocenters. The first kappa shape index (κ1) is 19.8. The van der Waals surface area contributed by atoms with E-state index < -0.39 is 22.9 Å². The lowest BCUT2D eigenvalue weighted by Gasteiger charge is -2.14. The molecule has 0 radical (unpaired) electrons. The number of rotatable bonds is 6. The number of benzene rings is 1. The van der Waals surface area contributed by atoms with Gasteiger partial charge in [0.15, 0.2) is 6.10 Å². The van der Waals surface area contributed by atoms with Crippen LogP contribution in [-0.4, -0.2) is 30.0 Å². The molecule has 1 aromatic carbocycles. The Balaban J connectivity index is 1.67. The van der Waals surface area contributed by atoms with E-state index in [4.69, 9.17) is 9.47 Å². The van der Waals surface area contributed by atoms with Crippen LogP contribution in [0.2, 0.25) is 0 Å². The normalized spacial score (nSPS) is 13.9. The number of thiophene rings is 1. The molecule has 0 saturated carbocycles. The van der Waals surface area contributed by atoms with Gasteiger partial charge in [-0.2, -0.15) is 0 Å². The smallest absolute Gasteiger partial charge is 0.349 e. The maximum absolute atomic E-state index is 12.4. The third-order valence-corrected chi connectivity index (χ3v) is 5.72. The Kier molecular flexibility index (Phi) is 5.93. The van der Waals surface area contributed by atoms with Crippen LogP contribution in [0.25, 0.3) is 0 Å². The highest BCUT2D eigenvalue weighted by Crippen LogP contribution is 2.31. The predicted molar refractivity (Wildman–Crippen MR) is 104 cm³/mol. The van der Waals surface area contributed by atoms with Gasteiger partial charge in [-0.15, -0.1) is 11.3 Å². The number of fused-ring (bicyclic) bond motifs is 1. The van der Waals surface area contributed by atoms with E-state index in [0.717, 1.165) is 25.7 Å². The number of esters is 1.